The van der Waals surface area contributed by atoms with E-state index in [4.69, 9.17) is 0 Å². The zero-order valence-corrected chi connectivity index (χ0v) is 17.7. The van der Waals surface area contributed by atoms with Crippen LogP contribution in [0.5, 0.6) is 11.5 Å². The first-order valence-electron chi connectivity index (χ1n) is 9.94. The molecule has 2 rings (SSSR count). The Labute approximate surface area is 158 Å². The Kier molecular flexibility index (Phi) is 6.05. The second kappa shape index (κ2) is 7.73. The van der Waals surface area contributed by atoms with Crippen LogP contribution in [0.2, 0.25) is 0 Å². The highest BCUT2D eigenvalue weighted by Gasteiger charge is 2.25. The van der Waals surface area contributed by atoms with Gasteiger partial charge in [-0.05, 0) is 109 Å². The molecule has 0 heterocycles. The van der Waals surface area contributed by atoms with Crippen molar-refractivity contribution in [1.29, 1.82) is 0 Å². The Morgan fingerprint density at radius 1 is 0.462 bits per heavy atom. The summed E-state index contributed by atoms with van der Waals surface area (Å²) in [5.74, 6) is 0.903. The van der Waals surface area contributed by atoms with Gasteiger partial charge in [-0.15, -0.1) is 0 Å². The number of aromatic hydroxyl groups is 2. The molecule has 0 saturated heterocycles. The minimum atomic E-state index is 0.451. The molecule has 2 heteroatoms. The predicted molar refractivity (Wildman–Crippen MR) is 112 cm³/mol. The number of phenolic OH excluding ortho intramolecular Hbond substituents is 2. The Morgan fingerprint density at radius 3 is 0.962 bits per heavy atom. The molecule has 2 aromatic rings. The molecule has 2 nitrogen and oxygen atoms in total. The first-order valence-corrected chi connectivity index (χ1v) is 9.94. The standard InChI is InChI=1S/C24H34O2/c1-9-17-19(11-3)23(25)15(7)13(5)21(17)22-14(6)16(8)24(26)20(12-4)18(22)10-2/h25-26H,9-12H2,1-8H3. The van der Waals surface area contributed by atoms with E-state index in [0.29, 0.717) is 11.5 Å². The van der Waals surface area contributed by atoms with Gasteiger partial charge in [0.2, 0.25) is 0 Å². The van der Waals surface area contributed by atoms with E-state index >= 15 is 0 Å². The van der Waals surface area contributed by atoms with Gasteiger partial charge in [-0.3, -0.25) is 0 Å². The van der Waals surface area contributed by atoms with E-state index in [0.717, 1.165) is 59.1 Å². The topological polar surface area (TPSA) is 40.5 Å². The van der Waals surface area contributed by atoms with Crippen LogP contribution >= 0.6 is 0 Å². The van der Waals surface area contributed by atoms with Crippen LogP contribution in [-0.2, 0) is 25.7 Å². The molecule has 0 aliphatic heterocycles. The van der Waals surface area contributed by atoms with E-state index in [9.17, 15) is 10.2 Å². The summed E-state index contributed by atoms with van der Waals surface area (Å²) in [4.78, 5) is 0. The van der Waals surface area contributed by atoms with Gasteiger partial charge in [-0.1, -0.05) is 27.7 Å². The van der Waals surface area contributed by atoms with Crippen molar-refractivity contribution in [3.05, 3.63) is 44.5 Å². The molecule has 0 fully saturated rings. The van der Waals surface area contributed by atoms with E-state index in [-0.39, 0.29) is 0 Å². The summed E-state index contributed by atoms with van der Waals surface area (Å²) in [6, 6.07) is 0. The van der Waals surface area contributed by atoms with Gasteiger partial charge in [0.15, 0.2) is 0 Å². The summed E-state index contributed by atoms with van der Waals surface area (Å²) in [6.45, 7) is 16.8. The summed E-state index contributed by atoms with van der Waals surface area (Å²) < 4.78 is 0. The van der Waals surface area contributed by atoms with Crippen LogP contribution in [0.15, 0.2) is 0 Å². The van der Waals surface area contributed by atoms with Crippen molar-refractivity contribution in [2.75, 3.05) is 0 Å². The minimum Gasteiger partial charge on any atom is -0.507 e. The summed E-state index contributed by atoms with van der Waals surface area (Å²) >= 11 is 0. The normalized spacial score (nSPS) is 11.2. The van der Waals surface area contributed by atoms with Crippen molar-refractivity contribution in [3.8, 4) is 22.6 Å². The molecule has 0 aromatic heterocycles. The number of rotatable bonds is 5. The summed E-state index contributed by atoms with van der Waals surface area (Å²) in [7, 11) is 0. The Hall–Kier alpha value is -1.96. The number of hydrogen-bond acceptors (Lipinski definition) is 2. The Balaban J connectivity index is 3.11. The van der Waals surface area contributed by atoms with Gasteiger partial charge in [-0.25, -0.2) is 0 Å². The zero-order valence-electron chi connectivity index (χ0n) is 17.7. The first kappa shape index (κ1) is 20.4. The third-order valence-corrected chi connectivity index (χ3v) is 6.15. The molecule has 0 saturated carbocycles. The Bertz CT molecular complexity index is 773. The highest BCUT2D eigenvalue weighted by atomic mass is 16.3. The van der Waals surface area contributed by atoms with Gasteiger partial charge in [0.1, 0.15) is 11.5 Å². The van der Waals surface area contributed by atoms with E-state index < -0.39 is 0 Å². The molecule has 2 aromatic carbocycles. The van der Waals surface area contributed by atoms with Crippen LogP contribution in [0.25, 0.3) is 11.1 Å². The molecule has 0 radical (unpaired) electrons. The monoisotopic (exact) mass is 354 g/mol. The first-order chi connectivity index (χ1) is 12.3. The number of phenols is 2. The molecule has 0 aliphatic rings. The third kappa shape index (κ3) is 2.90. The second-order valence-corrected chi connectivity index (χ2v) is 7.28. The summed E-state index contributed by atoms with van der Waals surface area (Å²) in [5, 5.41) is 21.4. The average Bonchev–Trinajstić information content (AvgIpc) is 2.64. The highest BCUT2D eigenvalue weighted by Crippen LogP contribution is 2.45. The quantitative estimate of drug-likeness (QED) is 0.666. The molecule has 2 N–H and O–H groups in total. The fourth-order valence-corrected chi connectivity index (χ4v) is 4.44. The van der Waals surface area contributed by atoms with E-state index in [2.05, 4.69) is 41.5 Å². The predicted octanol–water partition coefficient (Wildman–Crippen LogP) is 6.25. The third-order valence-electron chi connectivity index (χ3n) is 6.15. The van der Waals surface area contributed by atoms with Crippen LogP contribution in [0.4, 0.5) is 0 Å². The van der Waals surface area contributed by atoms with E-state index in [1.807, 2.05) is 13.8 Å². The van der Waals surface area contributed by atoms with Crippen LogP contribution < -0.4 is 0 Å². The van der Waals surface area contributed by atoms with Crippen molar-refractivity contribution < 1.29 is 10.2 Å². The molecule has 0 bridgehead atoms. The van der Waals surface area contributed by atoms with Crippen LogP contribution in [0.3, 0.4) is 0 Å². The van der Waals surface area contributed by atoms with Crippen LogP contribution in [-0.4, -0.2) is 10.2 Å². The minimum absolute atomic E-state index is 0.451. The zero-order chi connectivity index (χ0) is 19.8. The summed E-state index contributed by atoms with van der Waals surface area (Å²) in [6.07, 6.45) is 3.41. The van der Waals surface area contributed by atoms with Crippen molar-refractivity contribution in [3.63, 3.8) is 0 Å². The lowest BCUT2D eigenvalue weighted by molar-refractivity contribution is 0.462. The fraction of sp³-hybridized carbons (Fsp3) is 0.500. The number of benzene rings is 2. The SMILES string of the molecule is CCc1c(O)c(C)c(C)c(-c2c(C)c(C)c(O)c(CC)c2CC)c1CC. The molecule has 0 unspecified atom stereocenters. The van der Waals surface area contributed by atoms with E-state index in [1.165, 1.54) is 22.3 Å². The van der Waals surface area contributed by atoms with Crippen LogP contribution in [0, 0.1) is 27.7 Å². The Morgan fingerprint density at radius 2 is 0.731 bits per heavy atom. The van der Waals surface area contributed by atoms with Gasteiger partial charge < -0.3 is 10.2 Å². The molecule has 0 aliphatic carbocycles. The smallest absolute Gasteiger partial charge is 0.122 e. The summed E-state index contributed by atoms with van der Waals surface area (Å²) in [5.41, 5.74) is 11.4. The molecular formula is C24H34O2. The lowest BCUT2D eigenvalue weighted by Gasteiger charge is -2.26. The second-order valence-electron chi connectivity index (χ2n) is 7.28. The largest absolute Gasteiger partial charge is 0.507 e. The van der Waals surface area contributed by atoms with Gasteiger partial charge >= 0.3 is 0 Å². The van der Waals surface area contributed by atoms with Crippen molar-refractivity contribution >= 4 is 0 Å². The van der Waals surface area contributed by atoms with Crippen molar-refractivity contribution in [1.82, 2.24) is 0 Å². The van der Waals surface area contributed by atoms with Gasteiger partial charge in [0, 0.05) is 0 Å². The molecule has 0 amide bonds. The fourth-order valence-electron chi connectivity index (χ4n) is 4.44. The maximum Gasteiger partial charge on any atom is 0.122 e. The lowest BCUT2D eigenvalue weighted by atomic mass is 9.79. The molecule has 0 atom stereocenters. The van der Waals surface area contributed by atoms with Crippen molar-refractivity contribution in [2.24, 2.45) is 0 Å². The van der Waals surface area contributed by atoms with E-state index in [1.54, 1.807) is 0 Å². The highest BCUT2D eigenvalue weighted by molar-refractivity contribution is 5.83. The van der Waals surface area contributed by atoms with Gasteiger partial charge in [0.05, 0.1) is 0 Å². The molecule has 142 valence electrons. The van der Waals surface area contributed by atoms with Crippen molar-refractivity contribution in [2.45, 2.75) is 81.1 Å². The number of hydrogen-bond donors (Lipinski definition) is 2. The maximum absolute atomic E-state index is 10.7. The van der Waals surface area contributed by atoms with Gasteiger partial charge in [-0.2, -0.15) is 0 Å². The maximum atomic E-state index is 10.7. The molecular weight excluding hydrogens is 320 g/mol. The molecule has 0 spiro atoms. The lowest BCUT2D eigenvalue weighted by Crippen LogP contribution is -2.07. The van der Waals surface area contributed by atoms with Gasteiger partial charge in [0.25, 0.3) is 0 Å². The van der Waals surface area contributed by atoms with Crippen LogP contribution in [0.1, 0.15) is 72.2 Å². The average molecular weight is 355 g/mol. The molecule has 26 heavy (non-hydrogen) atoms.